The molecule has 1 fully saturated rings. The molecule has 2 heteroatoms. The Balaban J connectivity index is 1.98. The van der Waals surface area contributed by atoms with Crippen molar-refractivity contribution < 1.29 is 0 Å². The Kier molecular flexibility index (Phi) is 3.11. The third kappa shape index (κ3) is 2.05. The van der Waals surface area contributed by atoms with Gasteiger partial charge in [-0.05, 0) is 36.5 Å². The minimum absolute atomic E-state index is 0.578. The number of rotatable bonds is 2. The van der Waals surface area contributed by atoms with E-state index in [-0.39, 0.29) is 0 Å². The highest BCUT2D eigenvalue weighted by molar-refractivity contribution is 5.76. The third-order valence-electron chi connectivity index (χ3n) is 4.23. The zero-order valence-electron chi connectivity index (χ0n) is 11.4. The molecule has 1 saturated carbocycles. The van der Waals surface area contributed by atoms with Gasteiger partial charge in [0, 0.05) is 6.04 Å². The highest BCUT2D eigenvalue weighted by Crippen LogP contribution is 2.31. The Labute approximate surface area is 109 Å². The molecule has 2 aromatic rings. The first-order chi connectivity index (χ1) is 8.75. The molecule has 0 unspecified atom stereocenters. The summed E-state index contributed by atoms with van der Waals surface area (Å²) in [5.41, 5.74) is 3.86. The molecule has 0 spiro atoms. The summed E-state index contributed by atoms with van der Waals surface area (Å²) in [5, 5.41) is 0. The number of hydrogen-bond donors (Lipinski definition) is 0. The number of nitrogens with zero attached hydrogens (tertiary/aromatic N) is 2. The van der Waals surface area contributed by atoms with Crippen LogP contribution < -0.4 is 0 Å². The van der Waals surface area contributed by atoms with E-state index < -0.39 is 0 Å². The van der Waals surface area contributed by atoms with Crippen LogP contribution >= 0.6 is 0 Å². The Morgan fingerprint density at radius 1 is 1.17 bits per heavy atom. The summed E-state index contributed by atoms with van der Waals surface area (Å²) < 4.78 is 2.40. The average Bonchev–Trinajstić information content (AvgIpc) is 2.82. The summed E-state index contributed by atoms with van der Waals surface area (Å²) in [7, 11) is 0. The van der Waals surface area contributed by atoms with E-state index >= 15 is 0 Å². The predicted octanol–water partition coefficient (Wildman–Crippen LogP) is 4.66. The topological polar surface area (TPSA) is 17.8 Å². The Hall–Kier alpha value is -1.31. The summed E-state index contributed by atoms with van der Waals surface area (Å²) in [6, 6.07) is 7.44. The SMILES string of the molecule is CC(C)c1ccc2c(c1)ncn2C1CCCCC1. The van der Waals surface area contributed by atoms with Gasteiger partial charge in [-0.2, -0.15) is 0 Å². The summed E-state index contributed by atoms with van der Waals surface area (Å²) in [6.45, 7) is 4.47. The highest BCUT2D eigenvalue weighted by Gasteiger charge is 2.17. The molecule has 96 valence electrons. The van der Waals surface area contributed by atoms with Crippen molar-refractivity contribution in [2.45, 2.75) is 57.9 Å². The van der Waals surface area contributed by atoms with E-state index in [0.29, 0.717) is 12.0 Å². The van der Waals surface area contributed by atoms with E-state index in [1.54, 1.807) is 0 Å². The lowest BCUT2D eigenvalue weighted by Crippen LogP contribution is -2.11. The van der Waals surface area contributed by atoms with Crippen molar-refractivity contribution in [3.05, 3.63) is 30.1 Å². The van der Waals surface area contributed by atoms with Gasteiger partial charge in [0.1, 0.15) is 0 Å². The zero-order chi connectivity index (χ0) is 12.5. The second kappa shape index (κ2) is 4.75. The molecule has 0 amide bonds. The predicted molar refractivity (Wildman–Crippen MR) is 75.9 cm³/mol. The van der Waals surface area contributed by atoms with E-state index in [4.69, 9.17) is 0 Å². The number of benzene rings is 1. The highest BCUT2D eigenvalue weighted by atomic mass is 15.1. The maximum absolute atomic E-state index is 4.60. The van der Waals surface area contributed by atoms with Crippen molar-refractivity contribution in [3.63, 3.8) is 0 Å². The van der Waals surface area contributed by atoms with Gasteiger partial charge in [0.25, 0.3) is 0 Å². The van der Waals surface area contributed by atoms with Crippen LogP contribution in [0.1, 0.15) is 63.5 Å². The van der Waals surface area contributed by atoms with Crippen molar-refractivity contribution in [3.8, 4) is 0 Å². The van der Waals surface area contributed by atoms with Gasteiger partial charge in [-0.3, -0.25) is 0 Å². The van der Waals surface area contributed by atoms with E-state index in [2.05, 4.69) is 41.6 Å². The number of fused-ring (bicyclic) bond motifs is 1. The van der Waals surface area contributed by atoms with Crippen molar-refractivity contribution in [2.24, 2.45) is 0 Å². The molecule has 0 saturated heterocycles. The molecule has 1 aromatic carbocycles. The van der Waals surface area contributed by atoms with Gasteiger partial charge < -0.3 is 4.57 Å². The molecular weight excluding hydrogens is 220 g/mol. The molecule has 3 rings (SSSR count). The number of aromatic nitrogens is 2. The zero-order valence-corrected chi connectivity index (χ0v) is 11.4. The van der Waals surface area contributed by atoms with E-state index in [0.717, 1.165) is 5.52 Å². The second-order valence-electron chi connectivity index (χ2n) is 5.85. The van der Waals surface area contributed by atoms with E-state index in [1.807, 2.05) is 6.33 Å². The molecule has 0 aliphatic heterocycles. The Bertz CT molecular complexity index is 533. The van der Waals surface area contributed by atoms with Crippen molar-refractivity contribution in [1.29, 1.82) is 0 Å². The summed E-state index contributed by atoms with van der Waals surface area (Å²) >= 11 is 0. The summed E-state index contributed by atoms with van der Waals surface area (Å²) in [5.74, 6) is 0.578. The number of imidazole rings is 1. The lowest BCUT2D eigenvalue weighted by atomic mass is 9.95. The monoisotopic (exact) mass is 242 g/mol. The van der Waals surface area contributed by atoms with Gasteiger partial charge in [-0.15, -0.1) is 0 Å². The fourth-order valence-electron chi connectivity index (χ4n) is 3.06. The fourth-order valence-corrected chi connectivity index (χ4v) is 3.06. The van der Waals surface area contributed by atoms with Crippen LogP contribution in [0.25, 0.3) is 11.0 Å². The van der Waals surface area contributed by atoms with E-state index in [1.165, 1.54) is 43.2 Å². The quantitative estimate of drug-likeness (QED) is 0.748. The molecule has 1 heterocycles. The van der Waals surface area contributed by atoms with Gasteiger partial charge in [0.2, 0.25) is 0 Å². The molecule has 2 nitrogen and oxygen atoms in total. The molecule has 1 aliphatic carbocycles. The first-order valence-corrected chi connectivity index (χ1v) is 7.22. The molecule has 0 bridgehead atoms. The van der Waals surface area contributed by atoms with Crippen LogP contribution in [0.2, 0.25) is 0 Å². The molecule has 0 N–H and O–H groups in total. The van der Waals surface area contributed by atoms with Crippen LogP contribution in [0, 0.1) is 0 Å². The second-order valence-corrected chi connectivity index (χ2v) is 5.85. The van der Waals surface area contributed by atoms with Crippen molar-refractivity contribution in [2.75, 3.05) is 0 Å². The molecule has 0 atom stereocenters. The summed E-state index contributed by atoms with van der Waals surface area (Å²) in [4.78, 5) is 4.60. The average molecular weight is 242 g/mol. The molecule has 0 radical (unpaired) electrons. The van der Waals surface area contributed by atoms with Crippen LogP contribution in [-0.4, -0.2) is 9.55 Å². The maximum Gasteiger partial charge on any atom is 0.0960 e. The third-order valence-corrected chi connectivity index (χ3v) is 4.23. The smallest absolute Gasteiger partial charge is 0.0960 e. The van der Waals surface area contributed by atoms with Crippen molar-refractivity contribution >= 4 is 11.0 Å². The van der Waals surface area contributed by atoms with E-state index in [9.17, 15) is 0 Å². The maximum atomic E-state index is 4.60. The summed E-state index contributed by atoms with van der Waals surface area (Å²) in [6.07, 6.45) is 8.82. The normalized spacial score (nSPS) is 17.7. The lowest BCUT2D eigenvalue weighted by Gasteiger charge is -2.23. The van der Waals surface area contributed by atoms with Gasteiger partial charge in [0.15, 0.2) is 0 Å². The molecular formula is C16H22N2. The lowest BCUT2D eigenvalue weighted by molar-refractivity contribution is 0.359. The Morgan fingerprint density at radius 3 is 2.67 bits per heavy atom. The fraction of sp³-hybridized carbons (Fsp3) is 0.562. The van der Waals surface area contributed by atoms with Crippen LogP contribution in [0.5, 0.6) is 0 Å². The first kappa shape index (κ1) is 11.8. The standard InChI is InChI=1S/C16H22N2/c1-12(2)13-8-9-16-15(10-13)17-11-18(16)14-6-4-3-5-7-14/h8-12,14H,3-7H2,1-2H3. The largest absolute Gasteiger partial charge is 0.327 e. The van der Waals surface area contributed by atoms with Crippen LogP contribution in [-0.2, 0) is 0 Å². The number of hydrogen-bond acceptors (Lipinski definition) is 1. The minimum Gasteiger partial charge on any atom is -0.327 e. The van der Waals surface area contributed by atoms with Crippen LogP contribution in [0.3, 0.4) is 0 Å². The van der Waals surface area contributed by atoms with Crippen LogP contribution in [0.4, 0.5) is 0 Å². The minimum atomic E-state index is 0.578. The first-order valence-electron chi connectivity index (χ1n) is 7.22. The molecule has 18 heavy (non-hydrogen) atoms. The van der Waals surface area contributed by atoms with Gasteiger partial charge in [-0.25, -0.2) is 4.98 Å². The van der Waals surface area contributed by atoms with Crippen LogP contribution in [0.15, 0.2) is 24.5 Å². The van der Waals surface area contributed by atoms with Gasteiger partial charge in [-0.1, -0.05) is 39.2 Å². The van der Waals surface area contributed by atoms with Gasteiger partial charge in [0.05, 0.1) is 17.4 Å². The Morgan fingerprint density at radius 2 is 1.94 bits per heavy atom. The molecule has 1 aromatic heterocycles. The molecule has 1 aliphatic rings. The van der Waals surface area contributed by atoms with Crippen molar-refractivity contribution in [1.82, 2.24) is 9.55 Å². The van der Waals surface area contributed by atoms with Gasteiger partial charge >= 0.3 is 0 Å².